The highest BCUT2D eigenvalue weighted by Crippen LogP contribution is 2.36. The third-order valence-corrected chi connectivity index (χ3v) is 6.49. The van der Waals surface area contributed by atoms with Gasteiger partial charge in [0, 0.05) is 19.7 Å². The Morgan fingerprint density at radius 2 is 2.10 bits per heavy atom. The normalized spacial score (nSPS) is 19.7. The van der Waals surface area contributed by atoms with Crippen molar-refractivity contribution in [1.82, 2.24) is 14.9 Å². The molecule has 1 aromatic heterocycles. The number of likely N-dealkylation sites (N-methyl/N-ethyl adjacent to an activating group) is 1. The van der Waals surface area contributed by atoms with Gasteiger partial charge in [0.25, 0.3) is 0 Å². The van der Waals surface area contributed by atoms with Crippen LogP contribution in [0.15, 0.2) is 10.5 Å². The summed E-state index contributed by atoms with van der Waals surface area (Å²) in [6, 6.07) is 1.46. The molecule has 1 saturated heterocycles. The largest absolute Gasteiger partial charge is 0.444 e. The Bertz CT molecular complexity index is 970. The van der Waals surface area contributed by atoms with Crippen LogP contribution in [-0.2, 0) is 4.74 Å². The van der Waals surface area contributed by atoms with Gasteiger partial charge in [-0.1, -0.05) is 0 Å². The van der Waals surface area contributed by atoms with E-state index < -0.39 is 11.4 Å². The summed E-state index contributed by atoms with van der Waals surface area (Å²) in [7, 11) is 1.85. The van der Waals surface area contributed by atoms with Gasteiger partial charge in [-0.3, -0.25) is 0 Å². The minimum atomic E-state index is -0.568. The predicted octanol–water partition coefficient (Wildman–Crippen LogP) is 4.72. The number of carbonyl (C=O) groups is 1. The molecule has 0 bridgehead atoms. The molecule has 1 aliphatic rings. The van der Waals surface area contributed by atoms with Crippen molar-refractivity contribution in [3.05, 3.63) is 26.7 Å². The minimum Gasteiger partial charge on any atom is -0.444 e. The van der Waals surface area contributed by atoms with Crippen LogP contribution in [0.5, 0.6) is 0 Å². The van der Waals surface area contributed by atoms with Gasteiger partial charge in [-0.05, 0) is 61.6 Å². The van der Waals surface area contributed by atoms with Crippen molar-refractivity contribution in [3.8, 4) is 0 Å². The number of rotatable bonds is 2. The number of amides is 1. The summed E-state index contributed by atoms with van der Waals surface area (Å²) in [6.07, 6.45) is 0.356. The molecule has 0 spiro atoms. The first-order valence-electron chi connectivity index (χ1n) is 9.15. The van der Waals surface area contributed by atoms with E-state index in [0.717, 1.165) is 0 Å². The number of halogens is 4. The Balaban J connectivity index is 1.96. The molecule has 29 heavy (non-hydrogen) atoms. The standard InChI is InChI=1S/C19H23BrCl2FN4O2/c1-9-12(6-7-27(9)18(28)29-19(2,3)4)26(5)16-10-8-11(21)13(20)14(23)15(10)24-17(22)25-16/h8-9,12,21H,6-7H2,1-5H3/q+1. The molecule has 3 rings (SSSR count). The average molecular weight is 509 g/mol. The number of nitrogens with zero attached hydrogens (tertiary/aromatic N) is 4. The van der Waals surface area contributed by atoms with Crippen molar-refractivity contribution in [1.29, 1.82) is 0 Å². The van der Waals surface area contributed by atoms with E-state index >= 15 is 0 Å². The van der Waals surface area contributed by atoms with Crippen molar-refractivity contribution in [2.45, 2.75) is 51.8 Å². The van der Waals surface area contributed by atoms with Gasteiger partial charge in [0.1, 0.15) is 21.4 Å². The molecule has 0 radical (unpaired) electrons. The van der Waals surface area contributed by atoms with Gasteiger partial charge in [0.05, 0.1) is 17.5 Å². The van der Waals surface area contributed by atoms with Crippen LogP contribution in [0, 0.1) is 17.4 Å². The molecule has 6 nitrogen and oxygen atoms in total. The predicted molar refractivity (Wildman–Crippen MR) is 112 cm³/mol. The monoisotopic (exact) mass is 507 g/mol. The van der Waals surface area contributed by atoms with Crippen LogP contribution < -0.4 is 4.90 Å². The summed E-state index contributed by atoms with van der Waals surface area (Å²) in [4.78, 5) is 24.5. The van der Waals surface area contributed by atoms with Gasteiger partial charge < -0.3 is 14.5 Å². The number of fused-ring (bicyclic) bond motifs is 1. The van der Waals surface area contributed by atoms with Gasteiger partial charge in [-0.25, -0.2) is 14.2 Å². The summed E-state index contributed by atoms with van der Waals surface area (Å²) in [5.74, 6) is -0.0957. The smallest absolute Gasteiger partial charge is 0.410 e. The fourth-order valence-corrected chi connectivity index (χ4v) is 4.26. The topological polar surface area (TPSA) is 58.6 Å². The van der Waals surface area contributed by atoms with Crippen molar-refractivity contribution >= 4 is 50.3 Å². The summed E-state index contributed by atoms with van der Waals surface area (Å²) < 4.78 is 20.4. The molecule has 0 aliphatic carbocycles. The summed E-state index contributed by atoms with van der Waals surface area (Å²) in [5, 5.41) is 0.743. The maximum absolute atomic E-state index is 14.7. The van der Waals surface area contributed by atoms with Crippen molar-refractivity contribution in [3.63, 3.8) is 0 Å². The number of ether oxygens (including phenoxy) is 1. The highest BCUT2D eigenvalue weighted by molar-refractivity contribution is 9.10. The van der Waals surface area contributed by atoms with E-state index in [1.165, 1.54) is 0 Å². The zero-order valence-electron chi connectivity index (χ0n) is 16.8. The van der Waals surface area contributed by atoms with Crippen molar-refractivity contribution in [2.24, 2.45) is 0 Å². The Hall–Kier alpha value is -1.38. The molecule has 158 valence electrons. The van der Waals surface area contributed by atoms with Gasteiger partial charge in [-0.2, -0.15) is 4.98 Å². The Morgan fingerprint density at radius 3 is 2.72 bits per heavy atom. The molecule has 2 aromatic rings. The molecule has 1 fully saturated rings. The number of benzene rings is 1. The number of hydrogen-bond donors (Lipinski definition) is 0. The lowest BCUT2D eigenvalue weighted by Crippen LogP contribution is -2.45. The third kappa shape index (κ3) is 4.39. The first kappa shape index (κ1) is 22.3. The first-order valence-corrected chi connectivity index (χ1v) is 10.7. The number of hydrogen-bond acceptors (Lipinski definition) is 5. The third-order valence-electron chi connectivity index (χ3n) is 4.96. The maximum atomic E-state index is 14.7. The number of anilines is 1. The summed E-state index contributed by atoms with van der Waals surface area (Å²) in [5.41, 5.74) is -0.468. The maximum Gasteiger partial charge on any atom is 0.410 e. The van der Waals surface area contributed by atoms with Crippen LogP contribution in [0.25, 0.3) is 10.9 Å². The molecule has 1 aliphatic heterocycles. The van der Waals surface area contributed by atoms with Crippen molar-refractivity contribution < 1.29 is 25.5 Å². The number of carbonyl (C=O) groups excluding carboxylic acids is 1. The zero-order valence-corrected chi connectivity index (χ0v) is 20.0. The Kier molecular flexibility index (Phi) is 6.18. The molecule has 1 aromatic carbocycles. The second-order valence-corrected chi connectivity index (χ2v) is 9.67. The summed E-state index contributed by atoms with van der Waals surface area (Å²) in [6.45, 7) is 8.02. The second-order valence-electron chi connectivity index (χ2n) is 8.10. The lowest BCUT2D eigenvalue weighted by molar-refractivity contribution is -0.290. The van der Waals surface area contributed by atoms with Gasteiger partial charge >= 0.3 is 6.09 Å². The van der Waals surface area contributed by atoms with Crippen LogP contribution in [-0.4, -0.2) is 52.2 Å². The van der Waals surface area contributed by atoms with Crippen LogP contribution in [0.3, 0.4) is 0 Å². The van der Waals surface area contributed by atoms with Crippen LogP contribution in [0.2, 0.25) is 10.3 Å². The fourth-order valence-electron chi connectivity index (χ4n) is 3.58. The number of aromatic nitrogens is 2. The molecular weight excluding hydrogens is 486 g/mol. The second kappa shape index (κ2) is 8.04. The first-order chi connectivity index (χ1) is 13.4. The average Bonchev–Trinajstić information content (AvgIpc) is 2.99. The van der Waals surface area contributed by atoms with Crippen LogP contribution in [0.4, 0.5) is 15.0 Å². The van der Waals surface area contributed by atoms with Gasteiger partial charge in [-0.15, -0.1) is 0 Å². The van der Waals surface area contributed by atoms with Gasteiger partial charge in [0.15, 0.2) is 17.4 Å². The molecular formula is C19H23BrCl2FN4O2+. The van der Waals surface area contributed by atoms with E-state index in [2.05, 4.69) is 25.9 Å². The van der Waals surface area contributed by atoms with E-state index in [1.807, 2.05) is 39.6 Å². The van der Waals surface area contributed by atoms with Crippen molar-refractivity contribution in [2.75, 3.05) is 18.5 Å². The zero-order chi connectivity index (χ0) is 21.7. The summed E-state index contributed by atoms with van der Waals surface area (Å²) >= 11 is 14.5. The lowest BCUT2D eigenvalue weighted by atomic mass is 10.1. The van der Waals surface area contributed by atoms with Crippen LogP contribution in [0.1, 0.15) is 34.1 Å². The lowest BCUT2D eigenvalue weighted by Gasteiger charge is -2.33. The molecule has 0 N–H and O–H groups in total. The highest BCUT2D eigenvalue weighted by Gasteiger charge is 2.39. The SMILES string of the molecule is CC1C(N(C)c2nc(Cl)nc3c(F)c(Br)c([ClH+])cc23)CCN1C(=O)OC(C)(C)C. The van der Waals surface area contributed by atoms with E-state index in [-0.39, 0.29) is 33.4 Å². The molecule has 2 heterocycles. The quantitative estimate of drug-likeness (QED) is 0.434. The molecule has 2 unspecified atom stereocenters. The molecule has 10 heteroatoms. The number of likely N-dealkylation sites (tertiary alicyclic amines) is 1. The molecule has 1 amide bonds. The molecule has 2 atom stereocenters. The fraction of sp³-hybridized carbons (Fsp3) is 0.526. The van der Waals surface area contributed by atoms with E-state index in [0.29, 0.717) is 29.2 Å². The van der Waals surface area contributed by atoms with E-state index in [1.54, 1.807) is 11.0 Å². The Morgan fingerprint density at radius 1 is 1.45 bits per heavy atom. The Labute approximate surface area is 187 Å². The van der Waals surface area contributed by atoms with E-state index in [9.17, 15) is 9.18 Å². The van der Waals surface area contributed by atoms with E-state index in [4.69, 9.17) is 27.9 Å². The van der Waals surface area contributed by atoms with Crippen LogP contribution >= 0.6 is 27.5 Å². The van der Waals surface area contributed by atoms with Gasteiger partial charge in [0.2, 0.25) is 10.3 Å². The molecule has 0 saturated carbocycles. The highest BCUT2D eigenvalue weighted by atomic mass is 79.9. The minimum absolute atomic E-state index is 0.0584.